The van der Waals surface area contributed by atoms with E-state index in [1.165, 1.54) is 6.07 Å². The third-order valence-electron chi connectivity index (χ3n) is 4.58. The lowest BCUT2D eigenvalue weighted by Gasteiger charge is -2.34. The van der Waals surface area contributed by atoms with Gasteiger partial charge in [0.15, 0.2) is 0 Å². The fourth-order valence-electron chi connectivity index (χ4n) is 3.10. The number of halogens is 1. The Morgan fingerprint density at radius 3 is 2.33 bits per heavy atom. The number of nitrogens with zero attached hydrogens (tertiary/aromatic N) is 5. The van der Waals surface area contributed by atoms with Crippen molar-refractivity contribution < 1.29 is 9.18 Å². The van der Waals surface area contributed by atoms with E-state index in [0.29, 0.717) is 48.8 Å². The molecule has 1 aromatic carbocycles. The molecule has 0 atom stereocenters. The summed E-state index contributed by atoms with van der Waals surface area (Å²) in [6.45, 7) is 2.47. The Morgan fingerprint density at radius 2 is 1.67 bits per heavy atom. The van der Waals surface area contributed by atoms with Crippen molar-refractivity contribution in [2.24, 2.45) is 0 Å². The molecule has 0 spiro atoms. The zero-order valence-corrected chi connectivity index (χ0v) is 14.6. The van der Waals surface area contributed by atoms with Gasteiger partial charge in [-0.05, 0) is 18.2 Å². The highest BCUT2D eigenvalue weighted by Gasteiger charge is 2.23. The van der Waals surface area contributed by atoms with Crippen molar-refractivity contribution >= 4 is 11.9 Å². The lowest BCUT2D eigenvalue weighted by molar-refractivity contribution is 0.0746. The maximum Gasteiger partial charge on any atom is 0.255 e. The molecule has 136 valence electrons. The van der Waals surface area contributed by atoms with Crippen LogP contribution in [0.4, 0.5) is 10.3 Å². The lowest BCUT2D eigenvalue weighted by Crippen LogP contribution is -2.49. The van der Waals surface area contributed by atoms with Crippen LogP contribution in [0.3, 0.4) is 0 Å². The van der Waals surface area contributed by atoms with Gasteiger partial charge in [0.25, 0.3) is 5.91 Å². The smallest absolute Gasteiger partial charge is 0.255 e. The number of aromatic nitrogens is 3. The second-order valence-electron chi connectivity index (χ2n) is 6.27. The van der Waals surface area contributed by atoms with E-state index in [1.54, 1.807) is 60.0 Å². The quantitative estimate of drug-likeness (QED) is 0.716. The number of benzene rings is 1. The van der Waals surface area contributed by atoms with Crippen molar-refractivity contribution in [3.05, 3.63) is 72.6 Å². The molecule has 7 heteroatoms. The van der Waals surface area contributed by atoms with Crippen molar-refractivity contribution in [2.75, 3.05) is 31.1 Å². The summed E-state index contributed by atoms with van der Waals surface area (Å²) in [5, 5.41) is 0. The molecule has 3 heterocycles. The predicted octanol–water partition coefficient (Wildman–Crippen LogP) is 2.64. The fourth-order valence-corrected chi connectivity index (χ4v) is 3.10. The highest BCUT2D eigenvalue weighted by molar-refractivity contribution is 5.94. The number of pyridine rings is 1. The van der Waals surface area contributed by atoms with Gasteiger partial charge in [-0.2, -0.15) is 0 Å². The molecule has 0 N–H and O–H groups in total. The first-order valence-corrected chi connectivity index (χ1v) is 8.73. The maximum absolute atomic E-state index is 13.9. The molecule has 1 fully saturated rings. The first-order valence-electron chi connectivity index (χ1n) is 8.73. The molecule has 4 rings (SSSR count). The SMILES string of the molecule is O=C(c1cccnc1)N1CCN(c2ncc(-c3ccccc3F)cn2)CC1. The third-order valence-corrected chi connectivity index (χ3v) is 4.58. The van der Waals surface area contributed by atoms with Gasteiger partial charge >= 0.3 is 0 Å². The van der Waals surface area contributed by atoms with Gasteiger partial charge in [-0.1, -0.05) is 18.2 Å². The van der Waals surface area contributed by atoms with Crippen LogP contribution < -0.4 is 4.90 Å². The van der Waals surface area contributed by atoms with Crippen LogP contribution in [0.1, 0.15) is 10.4 Å². The highest BCUT2D eigenvalue weighted by atomic mass is 19.1. The van der Waals surface area contributed by atoms with E-state index >= 15 is 0 Å². The molecule has 1 aliphatic rings. The topological polar surface area (TPSA) is 62.2 Å². The Kier molecular flexibility index (Phi) is 4.74. The van der Waals surface area contributed by atoms with Crippen LogP contribution >= 0.6 is 0 Å². The summed E-state index contributed by atoms with van der Waals surface area (Å²) in [6, 6.07) is 10.1. The minimum absolute atomic E-state index is 0.0152. The molecule has 2 aromatic heterocycles. The molecule has 0 bridgehead atoms. The van der Waals surface area contributed by atoms with Gasteiger partial charge < -0.3 is 9.80 Å². The number of anilines is 1. The maximum atomic E-state index is 13.9. The van der Waals surface area contributed by atoms with Crippen LogP contribution in [0.15, 0.2) is 61.2 Å². The van der Waals surface area contributed by atoms with E-state index in [2.05, 4.69) is 15.0 Å². The normalized spacial score (nSPS) is 14.3. The molecule has 0 aliphatic carbocycles. The van der Waals surface area contributed by atoms with Gasteiger partial charge in [0.2, 0.25) is 5.95 Å². The number of rotatable bonds is 3. The standard InChI is InChI=1S/C20H18FN5O/c21-18-6-2-1-5-17(18)16-13-23-20(24-14-16)26-10-8-25(9-11-26)19(27)15-4-3-7-22-12-15/h1-7,12-14H,8-11H2. The monoisotopic (exact) mass is 363 g/mol. The number of amides is 1. The molecular formula is C20H18FN5O. The first-order chi connectivity index (χ1) is 13.2. The number of hydrogen-bond donors (Lipinski definition) is 0. The minimum Gasteiger partial charge on any atom is -0.337 e. The summed E-state index contributed by atoms with van der Waals surface area (Å²) in [5.74, 6) is 0.276. The summed E-state index contributed by atoms with van der Waals surface area (Å²) in [7, 11) is 0. The fraction of sp³-hybridized carbons (Fsp3) is 0.200. The van der Waals surface area contributed by atoms with Gasteiger partial charge in [0.1, 0.15) is 5.82 Å². The van der Waals surface area contributed by atoms with E-state index < -0.39 is 0 Å². The molecule has 0 unspecified atom stereocenters. The Labute approximate surface area is 156 Å². The lowest BCUT2D eigenvalue weighted by atomic mass is 10.1. The second kappa shape index (κ2) is 7.49. The van der Waals surface area contributed by atoms with Gasteiger partial charge in [-0.3, -0.25) is 9.78 Å². The molecule has 0 radical (unpaired) electrons. The summed E-state index contributed by atoms with van der Waals surface area (Å²) < 4.78 is 13.9. The Morgan fingerprint density at radius 1 is 0.926 bits per heavy atom. The zero-order chi connectivity index (χ0) is 18.6. The first kappa shape index (κ1) is 17.1. The van der Waals surface area contributed by atoms with Crippen LogP contribution in [0.2, 0.25) is 0 Å². The summed E-state index contributed by atoms with van der Waals surface area (Å²) in [4.78, 5) is 29.1. The Bertz CT molecular complexity index is 925. The van der Waals surface area contributed by atoms with Crippen LogP contribution in [0.25, 0.3) is 11.1 Å². The van der Waals surface area contributed by atoms with Gasteiger partial charge in [0, 0.05) is 62.1 Å². The molecule has 0 saturated carbocycles. The third kappa shape index (κ3) is 3.62. The van der Waals surface area contributed by atoms with Crippen molar-refractivity contribution in [1.82, 2.24) is 19.9 Å². The van der Waals surface area contributed by atoms with E-state index in [0.717, 1.165) is 0 Å². The van der Waals surface area contributed by atoms with Gasteiger partial charge in [0.05, 0.1) is 5.56 Å². The van der Waals surface area contributed by atoms with Crippen molar-refractivity contribution in [2.45, 2.75) is 0 Å². The number of carbonyl (C=O) groups is 1. The van der Waals surface area contributed by atoms with Crippen LogP contribution in [-0.4, -0.2) is 51.9 Å². The molecule has 27 heavy (non-hydrogen) atoms. The van der Waals surface area contributed by atoms with E-state index in [9.17, 15) is 9.18 Å². The van der Waals surface area contributed by atoms with Crippen molar-refractivity contribution in [3.63, 3.8) is 0 Å². The minimum atomic E-state index is -0.295. The van der Waals surface area contributed by atoms with Gasteiger partial charge in [-0.15, -0.1) is 0 Å². The Balaban J connectivity index is 1.41. The summed E-state index contributed by atoms with van der Waals surface area (Å²) >= 11 is 0. The van der Waals surface area contributed by atoms with Crippen molar-refractivity contribution in [1.29, 1.82) is 0 Å². The molecule has 1 amide bonds. The molecule has 1 saturated heterocycles. The average Bonchev–Trinajstić information content (AvgIpc) is 2.74. The zero-order valence-electron chi connectivity index (χ0n) is 14.6. The predicted molar refractivity (Wildman–Crippen MR) is 99.8 cm³/mol. The number of carbonyl (C=O) groups excluding carboxylic acids is 1. The highest BCUT2D eigenvalue weighted by Crippen LogP contribution is 2.22. The molecule has 1 aliphatic heterocycles. The van der Waals surface area contributed by atoms with Gasteiger partial charge in [-0.25, -0.2) is 14.4 Å². The second-order valence-corrected chi connectivity index (χ2v) is 6.27. The number of hydrogen-bond acceptors (Lipinski definition) is 5. The van der Waals surface area contributed by atoms with E-state index in [-0.39, 0.29) is 11.7 Å². The molecular weight excluding hydrogens is 345 g/mol. The number of piperazine rings is 1. The average molecular weight is 363 g/mol. The molecule has 3 aromatic rings. The Hall–Kier alpha value is -3.35. The van der Waals surface area contributed by atoms with E-state index in [4.69, 9.17) is 0 Å². The van der Waals surface area contributed by atoms with Crippen LogP contribution in [0, 0.1) is 5.82 Å². The largest absolute Gasteiger partial charge is 0.337 e. The summed E-state index contributed by atoms with van der Waals surface area (Å²) in [5.41, 5.74) is 1.72. The summed E-state index contributed by atoms with van der Waals surface area (Å²) in [6.07, 6.45) is 6.50. The van der Waals surface area contributed by atoms with E-state index in [1.807, 2.05) is 4.90 Å². The van der Waals surface area contributed by atoms with Crippen LogP contribution in [-0.2, 0) is 0 Å². The molecule has 6 nitrogen and oxygen atoms in total. The van der Waals surface area contributed by atoms with Crippen LogP contribution in [0.5, 0.6) is 0 Å². The van der Waals surface area contributed by atoms with Crippen molar-refractivity contribution in [3.8, 4) is 11.1 Å².